The third-order valence-electron chi connectivity index (χ3n) is 3.42. The molecule has 1 saturated carbocycles. The van der Waals surface area contributed by atoms with Crippen LogP contribution in [0.5, 0.6) is 5.75 Å². The molecule has 1 N–H and O–H groups in total. The van der Waals surface area contributed by atoms with Gasteiger partial charge in [0, 0.05) is 12.1 Å². The van der Waals surface area contributed by atoms with Crippen LogP contribution in [0.25, 0.3) is 0 Å². The van der Waals surface area contributed by atoms with Gasteiger partial charge in [-0.3, -0.25) is 10.1 Å². The van der Waals surface area contributed by atoms with E-state index in [-0.39, 0.29) is 5.69 Å². The lowest BCUT2D eigenvalue weighted by Crippen LogP contribution is -2.22. The van der Waals surface area contributed by atoms with Gasteiger partial charge in [-0.1, -0.05) is 19.3 Å². The molecule has 0 radical (unpaired) electrons. The van der Waals surface area contributed by atoms with Crippen molar-refractivity contribution >= 4 is 27.3 Å². The maximum atomic E-state index is 10.8. The van der Waals surface area contributed by atoms with Gasteiger partial charge in [-0.15, -0.1) is 0 Å². The van der Waals surface area contributed by atoms with Crippen LogP contribution >= 0.6 is 15.9 Å². The van der Waals surface area contributed by atoms with Crippen LogP contribution in [-0.2, 0) is 0 Å². The summed E-state index contributed by atoms with van der Waals surface area (Å²) in [7, 11) is 1.53. The number of halogens is 1. The number of hydrogen-bond acceptors (Lipinski definition) is 4. The number of nitrogens with one attached hydrogen (secondary N) is 1. The smallest absolute Gasteiger partial charge is 0.274 e. The molecule has 0 aromatic heterocycles. The van der Waals surface area contributed by atoms with E-state index in [1.54, 1.807) is 0 Å². The third-order valence-corrected chi connectivity index (χ3v) is 4.05. The second kappa shape index (κ2) is 6.23. The Balaban J connectivity index is 2.25. The molecule has 0 saturated heterocycles. The van der Waals surface area contributed by atoms with Gasteiger partial charge in [-0.2, -0.15) is 0 Å². The molecule has 5 nitrogen and oxygen atoms in total. The van der Waals surface area contributed by atoms with Gasteiger partial charge in [0.25, 0.3) is 5.69 Å². The molecule has 1 aromatic rings. The number of nitrogens with zero attached hydrogens (tertiary/aromatic N) is 1. The summed E-state index contributed by atoms with van der Waals surface area (Å²) in [6, 6.07) is 3.38. The highest BCUT2D eigenvalue weighted by molar-refractivity contribution is 9.10. The van der Waals surface area contributed by atoms with Crippen molar-refractivity contribution in [2.24, 2.45) is 0 Å². The van der Waals surface area contributed by atoms with Crippen molar-refractivity contribution < 1.29 is 9.66 Å². The molecule has 0 unspecified atom stereocenters. The minimum Gasteiger partial charge on any atom is -0.494 e. The lowest BCUT2D eigenvalue weighted by molar-refractivity contribution is -0.385. The first-order valence-corrected chi connectivity index (χ1v) is 7.19. The van der Waals surface area contributed by atoms with Crippen LogP contribution in [0.4, 0.5) is 11.4 Å². The highest BCUT2D eigenvalue weighted by Crippen LogP contribution is 2.38. The topological polar surface area (TPSA) is 64.4 Å². The quantitative estimate of drug-likeness (QED) is 0.667. The van der Waals surface area contributed by atoms with Crippen LogP contribution in [-0.4, -0.2) is 18.1 Å². The summed E-state index contributed by atoms with van der Waals surface area (Å²) in [6.07, 6.45) is 6.01. The second-order valence-electron chi connectivity index (χ2n) is 4.74. The maximum absolute atomic E-state index is 10.8. The fraction of sp³-hybridized carbons (Fsp3) is 0.538. The first kappa shape index (κ1) is 14.1. The van der Waals surface area contributed by atoms with Crippen LogP contribution < -0.4 is 10.1 Å². The maximum Gasteiger partial charge on any atom is 0.274 e. The molecule has 1 aliphatic rings. The Bertz CT molecular complexity index is 473. The van der Waals surface area contributed by atoms with E-state index in [0.717, 1.165) is 18.5 Å². The Labute approximate surface area is 120 Å². The number of nitro benzene ring substituents is 1. The molecule has 0 spiro atoms. The van der Waals surface area contributed by atoms with Crippen molar-refractivity contribution in [1.29, 1.82) is 0 Å². The summed E-state index contributed by atoms with van der Waals surface area (Å²) in [5, 5.41) is 14.3. The Morgan fingerprint density at radius 1 is 1.37 bits per heavy atom. The fourth-order valence-corrected chi connectivity index (χ4v) is 2.97. The molecule has 1 aromatic carbocycles. The molecular formula is C13H17BrN2O3. The number of anilines is 1. The van der Waals surface area contributed by atoms with E-state index in [2.05, 4.69) is 21.2 Å². The highest BCUT2D eigenvalue weighted by atomic mass is 79.9. The Kier molecular flexibility index (Phi) is 4.63. The summed E-state index contributed by atoms with van der Waals surface area (Å²) in [6.45, 7) is 0. The fourth-order valence-electron chi connectivity index (χ4n) is 2.43. The molecule has 0 amide bonds. The lowest BCUT2D eigenvalue weighted by Gasteiger charge is -2.25. The molecule has 0 bridgehead atoms. The second-order valence-corrected chi connectivity index (χ2v) is 5.60. The van der Waals surface area contributed by atoms with Gasteiger partial charge in [0.2, 0.25) is 0 Å². The zero-order valence-corrected chi connectivity index (χ0v) is 12.4. The van der Waals surface area contributed by atoms with Crippen LogP contribution in [0, 0.1) is 10.1 Å². The summed E-state index contributed by atoms with van der Waals surface area (Å²) < 4.78 is 5.93. The molecule has 19 heavy (non-hydrogen) atoms. The lowest BCUT2D eigenvalue weighted by atomic mass is 9.95. The van der Waals surface area contributed by atoms with E-state index >= 15 is 0 Å². The predicted molar refractivity (Wildman–Crippen MR) is 77.8 cm³/mol. The normalized spacial score (nSPS) is 16.1. The highest BCUT2D eigenvalue weighted by Gasteiger charge is 2.20. The minimum atomic E-state index is -0.419. The Morgan fingerprint density at radius 2 is 2.05 bits per heavy atom. The number of nitro groups is 1. The SMILES string of the molecule is COc1cc([N+](=O)[O-])cc(Br)c1NC1CCCCC1. The van der Waals surface area contributed by atoms with Crippen LogP contribution in [0.1, 0.15) is 32.1 Å². The molecule has 0 aliphatic heterocycles. The molecule has 0 heterocycles. The van der Waals surface area contributed by atoms with Crippen molar-refractivity contribution in [3.05, 3.63) is 26.7 Å². The van der Waals surface area contributed by atoms with E-state index < -0.39 is 4.92 Å². The zero-order chi connectivity index (χ0) is 13.8. The summed E-state index contributed by atoms with van der Waals surface area (Å²) in [5.74, 6) is 0.506. The standard InChI is InChI=1S/C13H17BrN2O3/c1-19-12-8-10(16(17)18)7-11(14)13(12)15-9-5-3-2-4-6-9/h7-9,15H,2-6H2,1H3. The van der Waals surface area contributed by atoms with Gasteiger partial charge in [0.1, 0.15) is 5.75 Å². The number of non-ortho nitro benzene ring substituents is 1. The van der Waals surface area contributed by atoms with Crippen molar-refractivity contribution in [1.82, 2.24) is 0 Å². The van der Waals surface area contributed by atoms with E-state index in [1.807, 2.05) is 0 Å². The zero-order valence-electron chi connectivity index (χ0n) is 10.8. The van der Waals surface area contributed by atoms with Gasteiger partial charge in [-0.25, -0.2) is 0 Å². The van der Waals surface area contributed by atoms with Crippen molar-refractivity contribution in [2.45, 2.75) is 38.1 Å². The van der Waals surface area contributed by atoms with Crippen molar-refractivity contribution in [3.8, 4) is 5.75 Å². The largest absolute Gasteiger partial charge is 0.494 e. The van der Waals surface area contributed by atoms with Gasteiger partial charge in [-0.05, 0) is 28.8 Å². The molecule has 1 aliphatic carbocycles. The van der Waals surface area contributed by atoms with Gasteiger partial charge in [0.15, 0.2) is 0 Å². The Morgan fingerprint density at radius 3 is 2.63 bits per heavy atom. The van der Waals surface area contributed by atoms with Crippen LogP contribution in [0.3, 0.4) is 0 Å². The van der Waals surface area contributed by atoms with Crippen molar-refractivity contribution in [2.75, 3.05) is 12.4 Å². The van der Waals surface area contributed by atoms with E-state index in [9.17, 15) is 10.1 Å². The number of hydrogen-bond donors (Lipinski definition) is 1. The molecule has 2 rings (SSSR count). The molecule has 0 atom stereocenters. The van der Waals surface area contributed by atoms with Gasteiger partial charge in [0.05, 0.1) is 28.3 Å². The number of methoxy groups -OCH3 is 1. The van der Waals surface area contributed by atoms with Crippen LogP contribution in [0.2, 0.25) is 0 Å². The summed E-state index contributed by atoms with van der Waals surface area (Å²) >= 11 is 3.39. The third kappa shape index (κ3) is 3.37. The average Bonchev–Trinajstić information content (AvgIpc) is 2.41. The van der Waals surface area contributed by atoms with E-state index in [0.29, 0.717) is 16.3 Å². The number of benzene rings is 1. The van der Waals surface area contributed by atoms with Crippen LogP contribution in [0.15, 0.2) is 16.6 Å². The average molecular weight is 329 g/mol. The van der Waals surface area contributed by atoms with E-state index in [4.69, 9.17) is 4.74 Å². The summed E-state index contributed by atoms with van der Waals surface area (Å²) in [5.41, 5.74) is 0.831. The van der Waals surface area contributed by atoms with Gasteiger partial charge >= 0.3 is 0 Å². The van der Waals surface area contributed by atoms with Gasteiger partial charge < -0.3 is 10.1 Å². The minimum absolute atomic E-state index is 0.0259. The van der Waals surface area contributed by atoms with Crippen molar-refractivity contribution in [3.63, 3.8) is 0 Å². The number of rotatable bonds is 4. The first-order valence-electron chi connectivity index (χ1n) is 6.40. The predicted octanol–water partition coefficient (Wildman–Crippen LogP) is 4.11. The first-order chi connectivity index (χ1) is 9.11. The number of ether oxygens (including phenoxy) is 1. The monoisotopic (exact) mass is 328 g/mol. The summed E-state index contributed by atoms with van der Waals surface area (Å²) in [4.78, 5) is 10.4. The Hall–Kier alpha value is -1.30. The molecule has 104 valence electrons. The molecular weight excluding hydrogens is 312 g/mol. The van der Waals surface area contributed by atoms with E-state index in [1.165, 1.54) is 38.5 Å². The molecule has 1 fully saturated rings. The molecule has 6 heteroatoms.